The van der Waals surface area contributed by atoms with Crippen molar-refractivity contribution < 1.29 is 4.79 Å². The molecule has 0 bridgehead atoms. The minimum atomic E-state index is -0.162. The molecule has 3 nitrogen and oxygen atoms in total. The molecule has 0 spiro atoms. The molecule has 0 fully saturated rings. The highest BCUT2D eigenvalue weighted by molar-refractivity contribution is 5.83. The summed E-state index contributed by atoms with van der Waals surface area (Å²) in [6.07, 6.45) is 1.64. The molecule has 1 aromatic rings. The lowest BCUT2D eigenvalue weighted by atomic mass is 10.1. The number of hydrogen-bond donors (Lipinski definition) is 1. The molecule has 13 heavy (non-hydrogen) atoms. The van der Waals surface area contributed by atoms with Gasteiger partial charge in [0.25, 0.3) is 0 Å². The van der Waals surface area contributed by atoms with Crippen LogP contribution in [0.4, 0.5) is 0 Å². The predicted octanol–water partition coefficient (Wildman–Crippen LogP) is 1.47. The molecular weight excluding hydrogens is 164 g/mol. The van der Waals surface area contributed by atoms with Gasteiger partial charge in [0, 0.05) is 6.92 Å². The maximum Gasteiger partial charge on any atom is 0.236 e. The average Bonchev–Trinajstić information content (AvgIpc) is 2.08. The summed E-state index contributed by atoms with van der Waals surface area (Å²) in [4.78, 5) is 10.5. The minimum absolute atomic E-state index is 0.162. The topological polar surface area (TPSA) is 41.5 Å². The van der Waals surface area contributed by atoms with Crippen molar-refractivity contribution in [3.63, 3.8) is 0 Å². The van der Waals surface area contributed by atoms with Crippen molar-refractivity contribution in [1.29, 1.82) is 0 Å². The Kier molecular flexibility index (Phi) is 3.20. The summed E-state index contributed by atoms with van der Waals surface area (Å²) in [6.45, 7) is 3.42. The maximum atomic E-state index is 10.5. The van der Waals surface area contributed by atoms with Crippen LogP contribution in [0.25, 0.3) is 0 Å². The number of rotatable bonds is 2. The first-order valence-electron chi connectivity index (χ1n) is 4.05. The number of carbonyl (C=O) groups is 1. The Hall–Kier alpha value is -1.64. The monoisotopic (exact) mass is 176 g/mol. The summed E-state index contributed by atoms with van der Waals surface area (Å²) >= 11 is 0. The summed E-state index contributed by atoms with van der Waals surface area (Å²) in [7, 11) is 0. The molecule has 0 aromatic heterocycles. The molecular formula is C10H12N2O. The number of carbonyl (C=O) groups excluding carboxylic acids is 1. The largest absolute Gasteiger partial charge is 0.274 e. The number of amides is 1. The number of hydrogen-bond acceptors (Lipinski definition) is 2. The summed E-state index contributed by atoms with van der Waals surface area (Å²) in [6, 6.07) is 7.84. The van der Waals surface area contributed by atoms with Gasteiger partial charge in [0.15, 0.2) is 0 Å². The van der Waals surface area contributed by atoms with Crippen molar-refractivity contribution in [2.75, 3.05) is 0 Å². The van der Waals surface area contributed by atoms with Gasteiger partial charge in [0.2, 0.25) is 5.91 Å². The Bertz CT molecular complexity index is 331. The van der Waals surface area contributed by atoms with Crippen molar-refractivity contribution >= 4 is 12.1 Å². The lowest BCUT2D eigenvalue weighted by Crippen LogP contribution is -2.12. The van der Waals surface area contributed by atoms with Gasteiger partial charge in [-0.15, -0.1) is 0 Å². The van der Waals surface area contributed by atoms with Crippen molar-refractivity contribution in [1.82, 2.24) is 5.43 Å². The Morgan fingerprint density at radius 3 is 2.77 bits per heavy atom. The van der Waals surface area contributed by atoms with E-state index in [-0.39, 0.29) is 5.91 Å². The Labute approximate surface area is 77.5 Å². The van der Waals surface area contributed by atoms with Crippen LogP contribution in [0.5, 0.6) is 0 Å². The van der Waals surface area contributed by atoms with Crippen LogP contribution in [0.15, 0.2) is 29.4 Å². The van der Waals surface area contributed by atoms with E-state index in [1.54, 1.807) is 6.21 Å². The zero-order valence-electron chi connectivity index (χ0n) is 7.74. The maximum absolute atomic E-state index is 10.5. The van der Waals surface area contributed by atoms with E-state index in [0.717, 1.165) is 11.1 Å². The SMILES string of the molecule is CC(=O)N/N=C/c1ccccc1C. The predicted molar refractivity (Wildman–Crippen MR) is 52.6 cm³/mol. The second-order valence-electron chi connectivity index (χ2n) is 2.78. The molecule has 0 saturated heterocycles. The van der Waals surface area contributed by atoms with Crippen molar-refractivity contribution in [3.8, 4) is 0 Å². The van der Waals surface area contributed by atoms with Crippen LogP contribution < -0.4 is 5.43 Å². The molecule has 0 aliphatic rings. The third kappa shape index (κ3) is 3.07. The third-order valence-corrected chi connectivity index (χ3v) is 1.61. The van der Waals surface area contributed by atoms with E-state index in [2.05, 4.69) is 10.5 Å². The van der Waals surface area contributed by atoms with E-state index in [9.17, 15) is 4.79 Å². The average molecular weight is 176 g/mol. The van der Waals surface area contributed by atoms with E-state index in [1.807, 2.05) is 31.2 Å². The first-order chi connectivity index (χ1) is 6.20. The van der Waals surface area contributed by atoms with Crippen LogP contribution in [0, 0.1) is 6.92 Å². The van der Waals surface area contributed by atoms with E-state index < -0.39 is 0 Å². The van der Waals surface area contributed by atoms with Crippen molar-refractivity contribution in [2.24, 2.45) is 5.10 Å². The third-order valence-electron chi connectivity index (χ3n) is 1.61. The van der Waals surface area contributed by atoms with Crippen LogP contribution in [0.1, 0.15) is 18.1 Å². The van der Waals surface area contributed by atoms with Gasteiger partial charge in [0.1, 0.15) is 0 Å². The van der Waals surface area contributed by atoms with Gasteiger partial charge in [-0.25, -0.2) is 5.43 Å². The van der Waals surface area contributed by atoms with Gasteiger partial charge < -0.3 is 0 Å². The number of benzene rings is 1. The highest BCUT2D eigenvalue weighted by atomic mass is 16.2. The second kappa shape index (κ2) is 4.40. The molecule has 0 aliphatic carbocycles. The number of hydrazone groups is 1. The molecule has 0 unspecified atom stereocenters. The Morgan fingerprint density at radius 1 is 1.46 bits per heavy atom. The fourth-order valence-corrected chi connectivity index (χ4v) is 0.924. The van der Waals surface area contributed by atoms with Gasteiger partial charge >= 0.3 is 0 Å². The van der Waals surface area contributed by atoms with Gasteiger partial charge in [-0.3, -0.25) is 4.79 Å². The van der Waals surface area contributed by atoms with Crippen LogP contribution in [-0.4, -0.2) is 12.1 Å². The minimum Gasteiger partial charge on any atom is -0.274 e. The summed E-state index contributed by atoms with van der Waals surface area (Å²) < 4.78 is 0. The molecule has 1 aromatic carbocycles. The fraction of sp³-hybridized carbons (Fsp3) is 0.200. The lowest BCUT2D eigenvalue weighted by Gasteiger charge is -1.97. The molecule has 1 amide bonds. The highest BCUT2D eigenvalue weighted by Crippen LogP contribution is 2.02. The zero-order chi connectivity index (χ0) is 9.68. The number of nitrogens with one attached hydrogen (secondary N) is 1. The smallest absolute Gasteiger partial charge is 0.236 e. The molecule has 68 valence electrons. The van der Waals surface area contributed by atoms with Crippen molar-refractivity contribution in [3.05, 3.63) is 35.4 Å². The molecule has 3 heteroatoms. The summed E-state index contributed by atoms with van der Waals surface area (Å²) in [5.41, 5.74) is 4.50. The van der Waals surface area contributed by atoms with Gasteiger partial charge in [-0.1, -0.05) is 24.3 Å². The Morgan fingerprint density at radius 2 is 2.15 bits per heavy atom. The highest BCUT2D eigenvalue weighted by Gasteiger charge is 1.91. The quantitative estimate of drug-likeness (QED) is 0.538. The molecule has 0 aliphatic heterocycles. The summed E-state index contributed by atoms with van der Waals surface area (Å²) in [5.74, 6) is -0.162. The standard InChI is InChI=1S/C10H12N2O/c1-8-5-3-4-6-10(8)7-11-12-9(2)13/h3-7H,1-2H3,(H,12,13)/b11-7+. The molecule has 0 radical (unpaired) electrons. The van der Waals surface area contributed by atoms with Gasteiger partial charge in [-0.05, 0) is 18.1 Å². The second-order valence-corrected chi connectivity index (χ2v) is 2.78. The van der Waals surface area contributed by atoms with E-state index in [4.69, 9.17) is 0 Å². The fourth-order valence-electron chi connectivity index (χ4n) is 0.924. The Balaban J connectivity index is 2.68. The van der Waals surface area contributed by atoms with Crippen LogP contribution in [-0.2, 0) is 4.79 Å². The molecule has 0 heterocycles. The van der Waals surface area contributed by atoms with Gasteiger partial charge in [-0.2, -0.15) is 5.10 Å². The number of nitrogens with zero attached hydrogens (tertiary/aromatic N) is 1. The van der Waals surface area contributed by atoms with E-state index >= 15 is 0 Å². The first-order valence-corrected chi connectivity index (χ1v) is 4.05. The molecule has 0 saturated carbocycles. The normalized spacial score (nSPS) is 10.3. The molecule has 1 rings (SSSR count). The first kappa shape index (κ1) is 9.45. The van der Waals surface area contributed by atoms with Crippen LogP contribution in [0.3, 0.4) is 0 Å². The summed E-state index contributed by atoms with van der Waals surface area (Å²) in [5, 5.41) is 3.78. The number of aryl methyl sites for hydroxylation is 1. The lowest BCUT2D eigenvalue weighted by molar-refractivity contribution is -0.118. The van der Waals surface area contributed by atoms with Crippen LogP contribution in [0.2, 0.25) is 0 Å². The van der Waals surface area contributed by atoms with Gasteiger partial charge in [0.05, 0.1) is 6.21 Å². The van der Waals surface area contributed by atoms with Crippen LogP contribution >= 0.6 is 0 Å². The van der Waals surface area contributed by atoms with E-state index in [1.165, 1.54) is 6.92 Å². The zero-order valence-corrected chi connectivity index (χ0v) is 7.74. The molecule has 0 atom stereocenters. The molecule has 1 N–H and O–H groups in total. The van der Waals surface area contributed by atoms with E-state index in [0.29, 0.717) is 0 Å². The van der Waals surface area contributed by atoms with Crippen molar-refractivity contribution in [2.45, 2.75) is 13.8 Å².